The maximum absolute atomic E-state index is 5.89. The van der Waals surface area contributed by atoms with Gasteiger partial charge < -0.3 is 10.1 Å². The molecule has 2 saturated heterocycles. The largest absolute Gasteiger partial charge is 0.374 e. The summed E-state index contributed by atoms with van der Waals surface area (Å²) in [6.07, 6.45) is 4.38. The topological polar surface area (TPSA) is 24.5 Å². The van der Waals surface area contributed by atoms with E-state index in [1.54, 1.807) is 0 Å². The van der Waals surface area contributed by atoms with Crippen LogP contribution in [-0.2, 0) is 4.74 Å². The standard InChI is InChI=1S/C13H26N2O/c1-11(2)5-6-14-8-13-9-15-7-3-4-12(15)10-16-13/h11-14H,3-10H2,1-2H3. The molecule has 0 amide bonds. The summed E-state index contributed by atoms with van der Waals surface area (Å²) in [5.74, 6) is 0.794. The van der Waals surface area contributed by atoms with Gasteiger partial charge in [0, 0.05) is 19.1 Å². The van der Waals surface area contributed by atoms with Crippen LogP contribution in [0.15, 0.2) is 0 Å². The summed E-state index contributed by atoms with van der Waals surface area (Å²) in [5, 5.41) is 3.51. The molecule has 2 rings (SSSR count). The van der Waals surface area contributed by atoms with Crippen LogP contribution in [0.2, 0.25) is 0 Å². The minimum atomic E-state index is 0.418. The van der Waals surface area contributed by atoms with E-state index in [0.29, 0.717) is 6.10 Å². The summed E-state index contributed by atoms with van der Waals surface area (Å²) < 4.78 is 5.89. The number of fused-ring (bicyclic) bond motifs is 1. The van der Waals surface area contributed by atoms with Gasteiger partial charge in [0.05, 0.1) is 12.7 Å². The molecule has 3 heteroatoms. The Labute approximate surface area is 99.5 Å². The van der Waals surface area contributed by atoms with Crippen LogP contribution in [0, 0.1) is 5.92 Å². The monoisotopic (exact) mass is 226 g/mol. The summed E-state index contributed by atoms with van der Waals surface area (Å²) in [4.78, 5) is 2.61. The molecule has 0 spiro atoms. The molecule has 2 atom stereocenters. The Bertz CT molecular complexity index is 208. The molecule has 16 heavy (non-hydrogen) atoms. The lowest BCUT2D eigenvalue weighted by atomic mass is 10.1. The van der Waals surface area contributed by atoms with Crippen LogP contribution >= 0.6 is 0 Å². The molecule has 3 nitrogen and oxygen atoms in total. The summed E-state index contributed by atoms with van der Waals surface area (Å²) in [7, 11) is 0. The first kappa shape index (κ1) is 12.3. The van der Waals surface area contributed by atoms with Crippen LogP contribution in [0.25, 0.3) is 0 Å². The number of rotatable bonds is 5. The minimum Gasteiger partial charge on any atom is -0.374 e. The molecule has 2 aliphatic rings. The van der Waals surface area contributed by atoms with Crippen molar-refractivity contribution >= 4 is 0 Å². The highest BCUT2D eigenvalue weighted by Gasteiger charge is 2.31. The van der Waals surface area contributed by atoms with Crippen molar-refractivity contribution in [1.29, 1.82) is 0 Å². The number of hydrogen-bond donors (Lipinski definition) is 1. The van der Waals surface area contributed by atoms with E-state index in [-0.39, 0.29) is 0 Å². The van der Waals surface area contributed by atoms with E-state index in [1.165, 1.54) is 25.8 Å². The zero-order valence-corrected chi connectivity index (χ0v) is 10.7. The SMILES string of the molecule is CC(C)CCNCC1CN2CCCC2CO1. The average Bonchev–Trinajstić information content (AvgIpc) is 2.71. The van der Waals surface area contributed by atoms with Gasteiger partial charge in [-0.25, -0.2) is 0 Å². The number of ether oxygens (including phenoxy) is 1. The first-order valence-electron chi connectivity index (χ1n) is 6.82. The molecule has 0 radical (unpaired) electrons. The summed E-state index contributed by atoms with van der Waals surface area (Å²) in [5.41, 5.74) is 0. The Morgan fingerprint density at radius 3 is 3.12 bits per heavy atom. The molecule has 2 unspecified atom stereocenters. The lowest BCUT2D eigenvalue weighted by Gasteiger charge is -2.35. The van der Waals surface area contributed by atoms with Crippen LogP contribution in [0.1, 0.15) is 33.1 Å². The summed E-state index contributed by atoms with van der Waals surface area (Å²) in [6, 6.07) is 0.729. The second-order valence-electron chi connectivity index (χ2n) is 5.63. The fourth-order valence-electron chi connectivity index (χ4n) is 2.66. The summed E-state index contributed by atoms with van der Waals surface area (Å²) in [6.45, 7) is 10.1. The van der Waals surface area contributed by atoms with E-state index in [0.717, 1.165) is 38.2 Å². The smallest absolute Gasteiger partial charge is 0.0826 e. The van der Waals surface area contributed by atoms with E-state index < -0.39 is 0 Å². The van der Waals surface area contributed by atoms with E-state index in [4.69, 9.17) is 4.74 Å². The van der Waals surface area contributed by atoms with Crippen molar-refractivity contribution in [3.05, 3.63) is 0 Å². The van der Waals surface area contributed by atoms with Crippen LogP contribution < -0.4 is 5.32 Å². The van der Waals surface area contributed by atoms with E-state index in [9.17, 15) is 0 Å². The van der Waals surface area contributed by atoms with Gasteiger partial charge in [0.25, 0.3) is 0 Å². The minimum absolute atomic E-state index is 0.418. The highest BCUT2D eigenvalue weighted by molar-refractivity contribution is 4.85. The Morgan fingerprint density at radius 2 is 2.31 bits per heavy atom. The predicted octanol–water partition coefficient (Wildman–Crippen LogP) is 1.49. The molecule has 2 aliphatic heterocycles. The number of morpholine rings is 1. The van der Waals surface area contributed by atoms with E-state index in [1.807, 2.05) is 0 Å². The van der Waals surface area contributed by atoms with Gasteiger partial charge in [0.15, 0.2) is 0 Å². The molecule has 0 bridgehead atoms. The van der Waals surface area contributed by atoms with Gasteiger partial charge in [0.2, 0.25) is 0 Å². The highest BCUT2D eigenvalue weighted by Crippen LogP contribution is 2.22. The number of hydrogen-bond acceptors (Lipinski definition) is 3. The molecule has 94 valence electrons. The lowest BCUT2D eigenvalue weighted by molar-refractivity contribution is -0.0469. The third-order valence-corrected chi connectivity index (χ3v) is 3.73. The average molecular weight is 226 g/mol. The van der Waals surface area contributed by atoms with Crippen molar-refractivity contribution in [2.75, 3.05) is 32.8 Å². The molecule has 0 aromatic rings. The van der Waals surface area contributed by atoms with Crippen molar-refractivity contribution in [3.63, 3.8) is 0 Å². The first-order valence-corrected chi connectivity index (χ1v) is 6.82. The third-order valence-electron chi connectivity index (χ3n) is 3.73. The van der Waals surface area contributed by atoms with Crippen molar-refractivity contribution in [1.82, 2.24) is 10.2 Å². The molecule has 2 heterocycles. The maximum Gasteiger partial charge on any atom is 0.0826 e. The maximum atomic E-state index is 5.89. The van der Waals surface area contributed by atoms with Gasteiger partial charge in [-0.2, -0.15) is 0 Å². The predicted molar refractivity (Wildman–Crippen MR) is 66.7 cm³/mol. The highest BCUT2D eigenvalue weighted by atomic mass is 16.5. The molecule has 0 aromatic heterocycles. The molecule has 0 aliphatic carbocycles. The normalized spacial score (nSPS) is 30.9. The fourth-order valence-corrected chi connectivity index (χ4v) is 2.66. The van der Waals surface area contributed by atoms with Crippen LogP contribution in [0.4, 0.5) is 0 Å². The molecule has 0 saturated carbocycles. The van der Waals surface area contributed by atoms with E-state index >= 15 is 0 Å². The van der Waals surface area contributed by atoms with Gasteiger partial charge in [-0.15, -0.1) is 0 Å². The van der Waals surface area contributed by atoms with Crippen LogP contribution in [0.3, 0.4) is 0 Å². The number of nitrogens with zero attached hydrogens (tertiary/aromatic N) is 1. The second-order valence-corrected chi connectivity index (χ2v) is 5.63. The van der Waals surface area contributed by atoms with Crippen molar-refractivity contribution in [2.45, 2.75) is 45.3 Å². The van der Waals surface area contributed by atoms with Crippen molar-refractivity contribution in [3.8, 4) is 0 Å². The van der Waals surface area contributed by atoms with Crippen LogP contribution in [-0.4, -0.2) is 49.8 Å². The number of nitrogens with one attached hydrogen (secondary N) is 1. The summed E-state index contributed by atoms with van der Waals surface area (Å²) >= 11 is 0. The van der Waals surface area contributed by atoms with Gasteiger partial charge in [-0.05, 0) is 38.3 Å². The van der Waals surface area contributed by atoms with Gasteiger partial charge in [0.1, 0.15) is 0 Å². The fraction of sp³-hybridized carbons (Fsp3) is 1.00. The third kappa shape index (κ3) is 3.44. The quantitative estimate of drug-likeness (QED) is 0.719. The van der Waals surface area contributed by atoms with Crippen molar-refractivity contribution in [2.24, 2.45) is 5.92 Å². The molecule has 1 N–H and O–H groups in total. The van der Waals surface area contributed by atoms with Crippen molar-refractivity contribution < 1.29 is 4.74 Å². The van der Waals surface area contributed by atoms with Gasteiger partial charge in [-0.3, -0.25) is 4.90 Å². The zero-order valence-electron chi connectivity index (χ0n) is 10.7. The van der Waals surface area contributed by atoms with Gasteiger partial charge >= 0.3 is 0 Å². The first-order chi connectivity index (χ1) is 7.75. The van der Waals surface area contributed by atoms with Gasteiger partial charge in [-0.1, -0.05) is 13.8 Å². The zero-order chi connectivity index (χ0) is 11.4. The molecule has 0 aromatic carbocycles. The molecular formula is C13H26N2O. The van der Waals surface area contributed by atoms with E-state index in [2.05, 4.69) is 24.1 Å². The Balaban J connectivity index is 1.60. The lowest BCUT2D eigenvalue weighted by Crippen LogP contribution is -2.49. The molecular weight excluding hydrogens is 200 g/mol. The van der Waals surface area contributed by atoms with Crippen LogP contribution in [0.5, 0.6) is 0 Å². The Morgan fingerprint density at radius 1 is 1.44 bits per heavy atom. The second kappa shape index (κ2) is 5.99. The molecule has 2 fully saturated rings. The Hall–Kier alpha value is -0.120. The Kier molecular flexibility index (Phi) is 4.62.